The van der Waals surface area contributed by atoms with Gasteiger partial charge in [-0.1, -0.05) is 0 Å². The molecule has 0 aromatic heterocycles. The molecule has 16 heavy (non-hydrogen) atoms. The summed E-state index contributed by atoms with van der Waals surface area (Å²) in [4.78, 5) is 11.3. The lowest BCUT2D eigenvalue weighted by atomic mass is 10.1. The number of nitrogens with one attached hydrogen (secondary N) is 1. The van der Waals surface area contributed by atoms with E-state index < -0.39 is 5.97 Å². The zero-order chi connectivity index (χ0) is 12.3. The highest BCUT2D eigenvalue weighted by Gasteiger charge is 2.14. The molecule has 1 aromatic carbocycles. The molecule has 0 saturated heterocycles. The fourth-order valence-electron chi connectivity index (χ4n) is 1.28. The SMILES string of the molecule is COC(=O)c1ccc(O)c(NC(C)(C)C)c1. The van der Waals surface area contributed by atoms with Crippen LogP contribution in [0, 0.1) is 0 Å². The molecule has 0 atom stereocenters. The predicted molar refractivity (Wildman–Crippen MR) is 62.8 cm³/mol. The molecule has 0 spiro atoms. The Balaban J connectivity index is 3.04. The normalized spacial score (nSPS) is 11.0. The van der Waals surface area contributed by atoms with Crippen molar-refractivity contribution in [3.8, 4) is 5.75 Å². The van der Waals surface area contributed by atoms with Gasteiger partial charge in [0.05, 0.1) is 18.4 Å². The number of phenols is 1. The first kappa shape index (κ1) is 12.4. The molecule has 88 valence electrons. The summed E-state index contributed by atoms with van der Waals surface area (Å²) in [5.74, 6) is -0.306. The Kier molecular flexibility index (Phi) is 3.42. The van der Waals surface area contributed by atoms with Gasteiger partial charge in [-0.3, -0.25) is 0 Å². The summed E-state index contributed by atoms with van der Waals surface area (Å²) in [5.41, 5.74) is 0.745. The van der Waals surface area contributed by atoms with Crippen LogP contribution in [0.3, 0.4) is 0 Å². The van der Waals surface area contributed by atoms with Crippen molar-refractivity contribution in [2.45, 2.75) is 26.3 Å². The number of carbonyl (C=O) groups is 1. The zero-order valence-electron chi connectivity index (χ0n) is 10.00. The molecule has 0 aliphatic carbocycles. The number of esters is 1. The van der Waals surface area contributed by atoms with Crippen LogP contribution in [0.2, 0.25) is 0 Å². The minimum absolute atomic E-state index is 0.113. The van der Waals surface area contributed by atoms with Gasteiger partial charge >= 0.3 is 5.97 Å². The summed E-state index contributed by atoms with van der Waals surface area (Å²) in [5, 5.41) is 12.7. The minimum atomic E-state index is -0.419. The summed E-state index contributed by atoms with van der Waals surface area (Å²) in [6, 6.07) is 4.57. The summed E-state index contributed by atoms with van der Waals surface area (Å²) in [7, 11) is 1.33. The second-order valence-electron chi connectivity index (χ2n) is 4.60. The molecule has 0 bridgehead atoms. The van der Waals surface area contributed by atoms with E-state index in [4.69, 9.17) is 0 Å². The number of anilines is 1. The lowest BCUT2D eigenvalue weighted by Gasteiger charge is -2.23. The summed E-state index contributed by atoms with van der Waals surface area (Å²) < 4.78 is 4.61. The third-order valence-corrected chi connectivity index (χ3v) is 1.93. The Bertz CT molecular complexity index is 394. The number of carbonyl (C=O) groups excluding carboxylic acids is 1. The third kappa shape index (κ3) is 3.15. The first-order valence-electron chi connectivity index (χ1n) is 5.03. The number of hydrogen-bond donors (Lipinski definition) is 2. The molecular formula is C12H17NO3. The quantitative estimate of drug-likeness (QED) is 0.597. The van der Waals surface area contributed by atoms with Gasteiger partial charge in [0.2, 0.25) is 0 Å². The molecule has 0 unspecified atom stereocenters. The van der Waals surface area contributed by atoms with Crippen LogP contribution in [-0.2, 0) is 4.74 Å². The average molecular weight is 223 g/mol. The molecule has 1 aromatic rings. The van der Waals surface area contributed by atoms with E-state index in [-0.39, 0.29) is 11.3 Å². The molecule has 4 nitrogen and oxygen atoms in total. The number of benzene rings is 1. The Morgan fingerprint density at radius 2 is 2.00 bits per heavy atom. The third-order valence-electron chi connectivity index (χ3n) is 1.93. The molecule has 1 rings (SSSR count). The van der Waals surface area contributed by atoms with Crippen molar-refractivity contribution in [3.05, 3.63) is 23.8 Å². The van der Waals surface area contributed by atoms with Crippen LogP contribution in [0.5, 0.6) is 5.75 Å². The van der Waals surface area contributed by atoms with Gasteiger partial charge in [0.1, 0.15) is 5.75 Å². The number of phenolic OH excluding ortho intramolecular Hbond substituents is 1. The fraction of sp³-hybridized carbons (Fsp3) is 0.417. The van der Waals surface area contributed by atoms with E-state index in [1.807, 2.05) is 20.8 Å². The van der Waals surface area contributed by atoms with Crippen molar-refractivity contribution in [1.82, 2.24) is 0 Å². The van der Waals surface area contributed by atoms with E-state index in [0.717, 1.165) is 0 Å². The first-order valence-corrected chi connectivity index (χ1v) is 5.03. The largest absolute Gasteiger partial charge is 0.506 e. The van der Waals surface area contributed by atoms with Crippen molar-refractivity contribution < 1.29 is 14.6 Å². The van der Waals surface area contributed by atoms with Crippen LogP contribution >= 0.6 is 0 Å². The second-order valence-corrected chi connectivity index (χ2v) is 4.60. The van der Waals surface area contributed by atoms with Gasteiger partial charge in [-0.05, 0) is 39.0 Å². The summed E-state index contributed by atoms with van der Waals surface area (Å²) in [6.45, 7) is 5.91. The highest BCUT2D eigenvalue weighted by Crippen LogP contribution is 2.27. The van der Waals surface area contributed by atoms with Crippen LogP contribution in [0.1, 0.15) is 31.1 Å². The van der Waals surface area contributed by atoms with Crippen molar-refractivity contribution in [2.75, 3.05) is 12.4 Å². The summed E-state index contributed by atoms with van der Waals surface area (Å²) in [6.07, 6.45) is 0. The smallest absolute Gasteiger partial charge is 0.337 e. The van der Waals surface area contributed by atoms with Gasteiger partial charge in [0.25, 0.3) is 0 Å². The zero-order valence-corrected chi connectivity index (χ0v) is 10.00. The van der Waals surface area contributed by atoms with Crippen LogP contribution in [0.4, 0.5) is 5.69 Å². The van der Waals surface area contributed by atoms with Gasteiger partial charge in [-0.2, -0.15) is 0 Å². The van der Waals surface area contributed by atoms with Gasteiger partial charge < -0.3 is 15.2 Å². The first-order chi connectivity index (χ1) is 7.33. The van der Waals surface area contributed by atoms with Crippen molar-refractivity contribution >= 4 is 11.7 Å². The number of hydrogen-bond acceptors (Lipinski definition) is 4. The molecule has 0 aliphatic heterocycles. The molecule has 0 aliphatic rings. The van der Waals surface area contributed by atoms with E-state index in [0.29, 0.717) is 11.3 Å². The predicted octanol–water partition coefficient (Wildman–Crippen LogP) is 2.39. The maximum atomic E-state index is 11.3. The average Bonchev–Trinajstić information content (AvgIpc) is 2.18. The van der Waals surface area contributed by atoms with Crippen LogP contribution in [-0.4, -0.2) is 23.7 Å². The molecule has 0 radical (unpaired) electrons. The van der Waals surface area contributed by atoms with Gasteiger partial charge in [0, 0.05) is 5.54 Å². The van der Waals surface area contributed by atoms with E-state index >= 15 is 0 Å². The van der Waals surface area contributed by atoms with Gasteiger partial charge in [0.15, 0.2) is 0 Å². The van der Waals surface area contributed by atoms with Crippen molar-refractivity contribution in [1.29, 1.82) is 0 Å². The molecular weight excluding hydrogens is 206 g/mol. The minimum Gasteiger partial charge on any atom is -0.506 e. The Hall–Kier alpha value is -1.71. The van der Waals surface area contributed by atoms with E-state index in [2.05, 4.69) is 10.1 Å². The fourth-order valence-corrected chi connectivity index (χ4v) is 1.28. The Labute approximate surface area is 95.2 Å². The van der Waals surface area contributed by atoms with Crippen LogP contribution < -0.4 is 5.32 Å². The standard InChI is InChI=1S/C12H17NO3/c1-12(2,3)13-9-7-8(11(15)16-4)5-6-10(9)14/h5-7,13-14H,1-4H3. The van der Waals surface area contributed by atoms with Crippen molar-refractivity contribution in [2.24, 2.45) is 0 Å². The maximum Gasteiger partial charge on any atom is 0.337 e. The van der Waals surface area contributed by atoms with Gasteiger partial charge in [-0.15, -0.1) is 0 Å². The highest BCUT2D eigenvalue weighted by molar-refractivity contribution is 5.91. The van der Waals surface area contributed by atoms with Gasteiger partial charge in [-0.25, -0.2) is 4.79 Å². The Morgan fingerprint density at radius 3 is 2.50 bits per heavy atom. The van der Waals surface area contributed by atoms with Crippen LogP contribution in [0.15, 0.2) is 18.2 Å². The Morgan fingerprint density at radius 1 is 1.38 bits per heavy atom. The molecule has 0 amide bonds. The second kappa shape index (κ2) is 4.43. The number of methoxy groups -OCH3 is 1. The molecule has 2 N–H and O–H groups in total. The van der Waals surface area contributed by atoms with E-state index in [1.54, 1.807) is 6.07 Å². The molecule has 0 saturated carbocycles. The van der Waals surface area contributed by atoms with E-state index in [1.165, 1.54) is 19.2 Å². The van der Waals surface area contributed by atoms with Crippen molar-refractivity contribution in [3.63, 3.8) is 0 Å². The molecule has 4 heteroatoms. The number of aromatic hydroxyl groups is 1. The highest BCUT2D eigenvalue weighted by atomic mass is 16.5. The maximum absolute atomic E-state index is 11.3. The lowest BCUT2D eigenvalue weighted by molar-refractivity contribution is 0.0601. The lowest BCUT2D eigenvalue weighted by Crippen LogP contribution is -2.26. The topological polar surface area (TPSA) is 58.6 Å². The number of rotatable bonds is 2. The molecule has 0 fully saturated rings. The number of ether oxygens (including phenoxy) is 1. The monoisotopic (exact) mass is 223 g/mol. The van der Waals surface area contributed by atoms with Crippen LogP contribution in [0.25, 0.3) is 0 Å². The summed E-state index contributed by atoms with van der Waals surface area (Å²) >= 11 is 0. The molecule has 0 heterocycles. The van der Waals surface area contributed by atoms with E-state index in [9.17, 15) is 9.90 Å².